The van der Waals surface area contributed by atoms with Gasteiger partial charge in [-0.3, -0.25) is 4.98 Å². The van der Waals surface area contributed by atoms with Gasteiger partial charge >= 0.3 is 0 Å². The minimum atomic E-state index is 0.945. The Bertz CT molecular complexity index is 289. The Hall–Kier alpha value is -0.160. The molecule has 1 heterocycles. The van der Waals surface area contributed by atoms with Crippen molar-refractivity contribution >= 4 is 22.6 Å². The van der Waals surface area contributed by atoms with Crippen molar-refractivity contribution in [2.24, 2.45) is 0 Å². The second-order valence-electron chi connectivity index (χ2n) is 4.15. The van der Waals surface area contributed by atoms with E-state index < -0.39 is 0 Å². The van der Waals surface area contributed by atoms with E-state index in [1.54, 1.807) is 0 Å². The number of aryl methyl sites for hydroxylation is 1. The average molecular weight is 332 g/mol. The summed E-state index contributed by atoms with van der Waals surface area (Å²) in [5.41, 5.74) is 2.52. The van der Waals surface area contributed by atoms with Crippen LogP contribution in [0, 0.1) is 6.92 Å². The standard InChI is InChI=1S/C13H21IN2/c1-12-8-13(11-16-9-12)10-15-7-5-3-2-4-6-14/h8-9,11,15H,2-7,10H2,1H3. The molecule has 0 aliphatic rings. The summed E-state index contributed by atoms with van der Waals surface area (Å²) in [5.74, 6) is 0. The summed E-state index contributed by atoms with van der Waals surface area (Å²) in [6.07, 6.45) is 9.21. The van der Waals surface area contributed by atoms with Crippen LogP contribution in [0.2, 0.25) is 0 Å². The quantitative estimate of drug-likeness (QED) is 0.448. The first-order valence-corrected chi connectivity index (χ1v) is 7.52. The van der Waals surface area contributed by atoms with Gasteiger partial charge in [0, 0.05) is 18.9 Å². The Balaban J connectivity index is 2.03. The second-order valence-corrected chi connectivity index (χ2v) is 5.23. The molecule has 1 N–H and O–H groups in total. The van der Waals surface area contributed by atoms with Gasteiger partial charge in [0.1, 0.15) is 0 Å². The van der Waals surface area contributed by atoms with Gasteiger partial charge in [-0.25, -0.2) is 0 Å². The van der Waals surface area contributed by atoms with Crippen LogP contribution in [0.25, 0.3) is 0 Å². The van der Waals surface area contributed by atoms with Crippen molar-refractivity contribution in [3.05, 3.63) is 29.6 Å². The Labute approximate surface area is 112 Å². The van der Waals surface area contributed by atoms with E-state index in [1.165, 1.54) is 41.2 Å². The summed E-state index contributed by atoms with van der Waals surface area (Å²) < 4.78 is 1.29. The Kier molecular flexibility index (Phi) is 7.76. The van der Waals surface area contributed by atoms with Crippen molar-refractivity contribution in [3.8, 4) is 0 Å². The number of nitrogens with zero attached hydrogens (tertiary/aromatic N) is 1. The van der Waals surface area contributed by atoms with Crippen LogP contribution < -0.4 is 5.32 Å². The summed E-state index contributed by atoms with van der Waals surface area (Å²) in [6, 6.07) is 2.19. The molecule has 1 aromatic rings. The topological polar surface area (TPSA) is 24.9 Å². The highest BCUT2D eigenvalue weighted by Gasteiger charge is 1.94. The maximum absolute atomic E-state index is 4.18. The molecule has 0 radical (unpaired) electrons. The van der Waals surface area contributed by atoms with E-state index in [2.05, 4.69) is 45.9 Å². The number of halogens is 1. The van der Waals surface area contributed by atoms with E-state index in [-0.39, 0.29) is 0 Å². The predicted molar refractivity (Wildman–Crippen MR) is 78.0 cm³/mol. The highest BCUT2D eigenvalue weighted by atomic mass is 127. The number of pyridine rings is 1. The number of alkyl halides is 1. The first kappa shape index (κ1) is 13.9. The molecule has 2 nitrogen and oxygen atoms in total. The molecule has 1 rings (SSSR count). The number of aromatic nitrogens is 1. The van der Waals surface area contributed by atoms with Crippen molar-refractivity contribution in [1.29, 1.82) is 0 Å². The Morgan fingerprint density at radius 2 is 2.00 bits per heavy atom. The lowest BCUT2D eigenvalue weighted by Crippen LogP contribution is -2.14. The van der Waals surface area contributed by atoms with Crippen LogP contribution in [0.5, 0.6) is 0 Å². The highest BCUT2D eigenvalue weighted by Crippen LogP contribution is 2.03. The fourth-order valence-electron chi connectivity index (χ4n) is 1.64. The zero-order chi connectivity index (χ0) is 11.6. The maximum atomic E-state index is 4.18. The number of hydrogen-bond acceptors (Lipinski definition) is 2. The molecular weight excluding hydrogens is 311 g/mol. The van der Waals surface area contributed by atoms with E-state index >= 15 is 0 Å². The molecule has 16 heavy (non-hydrogen) atoms. The molecule has 1 aromatic heterocycles. The van der Waals surface area contributed by atoms with Crippen LogP contribution in [0.3, 0.4) is 0 Å². The minimum Gasteiger partial charge on any atom is -0.313 e. The van der Waals surface area contributed by atoms with Gasteiger partial charge < -0.3 is 5.32 Å². The number of rotatable bonds is 8. The second kappa shape index (κ2) is 8.93. The van der Waals surface area contributed by atoms with Crippen molar-refractivity contribution in [3.63, 3.8) is 0 Å². The van der Waals surface area contributed by atoms with Crippen molar-refractivity contribution in [1.82, 2.24) is 10.3 Å². The van der Waals surface area contributed by atoms with Gasteiger partial charge in [-0.2, -0.15) is 0 Å². The van der Waals surface area contributed by atoms with E-state index in [1.807, 2.05) is 12.4 Å². The molecule has 0 saturated heterocycles. The molecular formula is C13H21IN2. The van der Waals surface area contributed by atoms with Crippen molar-refractivity contribution < 1.29 is 0 Å². The highest BCUT2D eigenvalue weighted by molar-refractivity contribution is 14.1. The van der Waals surface area contributed by atoms with Gasteiger partial charge in [-0.15, -0.1) is 0 Å². The molecule has 0 spiro atoms. The predicted octanol–water partition coefficient (Wildman–Crippen LogP) is 3.48. The largest absolute Gasteiger partial charge is 0.313 e. The molecule has 0 aromatic carbocycles. The maximum Gasteiger partial charge on any atom is 0.0313 e. The van der Waals surface area contributed by atoms with Crippen LogP contribution in [0.4, 0.5) is 0 Å². The van der Waals surface area contributed by atoms with Crippen LogP contribution in [-0.2, 0) is 6.54 Å². The molecule has 0 amide bonds. The third kappa shape index (κ3) is 6.43. The molecule has 0 aliphatic heterocycles. The summed E-state index contributed by atoms with van der Waals surface area (Å²) in [4.78, 5) is 4.18. The van der Waals surface area contributed by atoms with E-state index in [9.17, 15) is 0 Å². The number of unbranched alkanes of at least 4 members (excludes halogenated alkanes) is 3. The first-order valence-electron chi connectivity index (χ1n) is 6.00. The molecule has 0 unspecified atom stereocenters. The molecule has 0 fully saturated rings. The summed E-state index contributed by atoms with van der Waals surface area (Å²) >= 11 is 2.44. The molecule has 90 valence electrons. The van der Waals surface area contributed by atoms with Gasteiger partial charge in [0.05, 0.1) is 0 Å². The minimum absolute atomic E-state index is 0.945. The van der Waals surface area contributed by atoms with Crippen LogP contribution in [0.15, 0.2) is 18.5 Å². The summed E-state index contributed by atoms with van der Waals surface area (Å²) in [5, 5.41) is 3.46. The van der Waals surface area contributed by atoms with Crippen molar-refractivity contribution in [2.75, 3.05) is 11.0 Å². The van der Waals surface area contributed by atoms with Gasteiger partial charge in [0.2, 0.25) is 0 Å². The van der Waals surface area contributed by atoms with E-state index in [0.29, 0.717) is 0 Å². The zero-order valence-corrected chi connectivity index (χ0v) is 12.2. The molecule has 0 atom stereocenters. The molecule has 3 heteroatoms. The van der Waals surface area contributed by atoms with E-state index in [0.717, 1.165) is 13.1 Å². The Morgan fingerprint density at radius 3 is 2.75 bits per heavy atom. The summed E-state index contributed by atoms with van der Waals surface area (Å²) in [7, 11) is 0. The smallest absolute Gasteiger partial charge is 0.0313 e. The third-order valence-corrected chi connectivity index (χ3v) is 3.26. The first-order chi connectivity index (χ1) is 7.83. The lowest BCUT2D eigenvalue weighted by atomic mass is 10.2. The average Bonchev–Trinajstić information content (AvgIpc) is 2.28. The lowest BCUT2D eigenvalue weighted by molar-refractivity contribution is 0.600. The zero-order valence-electron chi connectivity index (χ0n) is 10.0. The SMILES string of the molecule is Cc1cncc(CNCCCCCCI)c1. The van der Waals surface area contributed by atoms with Gasteiger partial charge in [0.15, 0.2) is 0 Å². The van der Waals surface area contributed by atoms with Crippen LogP contribution >= 0.6 is 22.6 Å². The number of nitrogens with one attached hydrogen (secondary N) is 1. The molecule has 0 bridgehead atoms. The molecule has 0 saturated carbocycles. The Morgan fingerprint density at radius 1 is 1.19 bits per heavy atom. The van der Waals surface area contributed by atoms with Crippen LogP contribution in [0.1, 0.15) is 36.8 Å². The van der Waals surface area contributed by atoms with Gasteiger partial charge in [0.25, 0.3) is 0 Å². The van der Waals surface area contributed by atoms with Gasteiger partial charge in [-0.05, 0) is 41.9 Å². The number of hydrogen-bond donors (Lipinski definition) is 1. The van der Waals surface area contributed by atoms with Crippen LogP contribution in [-0.4, -0.2) is 16.0 Å². The summed E-state index contributed by atoms with van der Waals surface area (Å²) in [6.45, 7) is 4.15. The monoisotopic (exact) mass is 332 g/mol. The third-order valence-electron chi connectivity index (χ3n) is 2.50. The lowest BCUT2D eigenvalue weighted by Gasteiger charge is -2.05. The van der Waals surface area contributed by atoms with Gasteiger partial charge in [-0.1, -0.05) is 41.5 Å². The van der Waals surface area contributed by atoms with E-state index in [4.69, 9.17) is 0 Å². The fraction of sp³-hybridized carbons (Fsp3) is 0.615. The molecule has 0 aliphatic carbocycles. The fourth-order valence-corrected chi connectivity index (χ4v) is 2.18. The normalized spacial score (nSPS) is 10.6. The van der Waals surface area contributed by atoms with Crippen molar-refractivity contribution in [2.45, 2.75) is 39.2 Å².